The zero-order valence-corrected chi connectivity index (χ0v) is 10.3. The Kier molecular flexibility index (Phi) is 3.62. The summed E-state index contributed by atoms with van der Waals surface area (Å²) in [7, 11) is 0. The number of rotatable bonds is 3. The standard InChI is InChI=1S/C14H20O2/c1-10-4-6-13(7-5-10)8-11(2)14-15-9-12(3)16-14/h4-7,11-12,14H,8-9H2,1-3H3. The van der Waals surface area contributed by atoms with Crippen molar-refractivity contribution < 1.29 is 9.47 Å². The van der Waals surface area contributed by atoms with Gasteiger partial charge in [0.2, 0.25) is 0 Å². The molecule has 2 nitrogen and oxygen atoms in total. The first-order valence-electron chi connectivity index (χ1n) is 5.98. The Hall–Kier alpha value is -0.860. The summed E-state index contributed by atoms with van der Waals surface area (Å²) in [6, 6.07) is 8.68. The molecule has 0 aliphatic carbocycles. The first-order chi connectivity index (χ1) is 7.65. The molecule has 0 spiro atoms. The van der Waals surface area contributed by atoms with E-state index in [0.717, 1.165) is 13.0 Å². The van der Waals surface area contributed by atoms with Crippen molar-refractivity contribution in [1.29, 1.82) is 0 Å². The number of hydrogen-bond donors (Lipinski definition) is 0. The van der Waals surface area contributed by atoms with E-state index in [1.807, 2.05) is 0 Å². The second-order valence-electron chi connectivity index (χ2n) is 4.82. The Morgan fingerprint density at radius 3 is 2.56 bits per heavy atom. The van der Waals surface area contributed by atoms with E-state index >= 15 is 0 Å². The molecule has 0 N–H and O–H groups in total. The topological polar surface area (TPSA) is 18.5 Å². The Balaban J connectivity index is 1.91. The molecule has 1 aromatic rings. The van der Waals surface area contributed by atoms with Gasteiger partial charge < -0.3 is 9.47 Å². The molecule has 0 saturated carbocycles. The molecular formula is C14H20O2. The van der Waals surface area contributed by atoms with Gasteiger partial charge in [-0.05, 0) is 25.8 Å². The predicted octanol–water partition coefficient (Wildman–Crippen LogP) is 2.94. The van der Waals surface area contributed by atoms with Gasteiger partial charge in [-0.2, -0.15) is 0 Å². The van der Waals surface area contributed by atoms with Crippen molar-refractivity contribution in [2.75, 3.05) is 6.61 Å². The monoisotopic (exact) mass is 220 g/mol. The van der Waals surface area contributed by atoms with Crippen molar-refractivity contribution in [1.82, 2.24) is 0 Å². The highest BCUT2D eigenvalue weighted by Crippen LogP contribution is 2.22. The lowest BCUT2D eigenvalue weighted by Crippen LogP contribution is -2.21. The van der Waals surface area contributed by atoms with Crippen molar-refractivity contribution in [3.05, 3.63) is 35.4 Å². The van der Waals surface area contributed by atoms with E-state index in [2.05, 4.69) is 45.0 Å². The van der Waals surface area contributed by atoms with Crippen molar-refractivity contribution in [3.63, 3.8) is 0 Å². The minimum absolute atomic E-state index is 0.0312. The fourth-order valence-electron chi connectivity index (χ4n) is 2.03. The molecule has 0 aromatic heterocycles. The van der Waals surface area contributed by atoms with Gasteiger partial charge in [-0.25, -0.2) is 0 Å². The molecule has 16 heavy (non-hydrogen) atoms. The molecule has 3 unspecified atom stereocenters. The summed E-state index contributed by atoms with van der Waals surface area (Å²) in [4.78, 5) is 0. The van der Waals surface area contributed by atoms with Gasteiger partial charge in [0.1, 0.15) is 0 Å². The van der Waals surface area contributed by atoms with Crippen molar-refractivity contribution >= 4 is 0 Å². The normalized spacial score (nSPS) is 26.9. The van der Waals surface area contributed by atoms with Crippen LogP contribution in [0.3, 0.4) is 0 Å². The van der Waals surface area contributed by atoms with Crippen molar-refractivity contribution in [3.8, 4) is 0 Å². The quantitative estimate of drug-likeness (QED) is 0.779. The Bertz CT molecular complexity index is 331. The predicted molar refractivity (Wildman–Crippen MR) is 64.3 cm³/mol. The highest BCUT2D eigenvalue weighted by Gasteiger charge is 2.27. The second kappa shape index (κ2) is 4.98. The summed E-state index contributed by atoms with van der Waals surface area (Å²) in [5, 5.41) is 0. The van der Waals surface area contributed by atoms with Gasteiger partial charge in [0, 0.05) is 5.92 Å². The fourth-order valence-corrected chi connectivity index (χ4v) is 2.03. The van der Waals surface area contributed by atoms with Crippen LogP contribution >= 0.6 is 0 Å². The Labute approximate surface area is 97.6 Å². The van der Waals surface area contributed by atoms with Crippen LogP contribution in [0, 0.1) is 12.8 Å². The van der Waals surface area contributed by atoms with Gasteiger partial charge in [-0.1, -0.05) is 36.8 Å². The van der Waals surface area contributed by atoms with Gasteiger partial charge >= 0.3 is 0 Å². The maximum atomic E-state index is 5.70. The number of hydrogen-bond acceptors (Lipinski definition) is 2. The van der Waals surface area contributed by atoms with E-state index in [4.69, 9.17) is 9.47 Å². The molecule has 3 atom stereocenters. The number of aryl methyl sites for hydroxylation is 1. The van der Waals surface area contributed by atoms with Crippen LogP contribution in [0.25, 0.3) is 0 Å². The van der Waals surface area contributed by atoms with Gasteiger partial charge in [-0.15, -0.1) is 0 Å². The summed E-state index contributed by atoms with van der Waals surface area (Å²) in [6.45, 7) is 7.07. The van der Waals surface area contributed by atoms with E-state index in [1.165, 1.54) is 11.1 Å². The van der Waals surface area contributed by atoms with E-state index < -0.39 is 0 Å². The summed E-state index contributed by atoms with van der Waals surface area (Å²) >= 11 is 0. The first-order valence-corrected chi connectivity index (χ1v) is 5.98. The van der Waals surface area contributed by atoms with Crippen LogP contribution in [0.4, 0.5) is 0 Å². The Morgan fingerprint density at radius 2 is 2.00 bits per heavy atom. The highest BCUT2D eigenvalue weighted by atomic mass is 16.7. The smallest absolute Gasteiger partial charge is 0.161 e. The number of ether oxygens (including phenoxy) is 2. The van der Waals surface area contributed by atoms with E-state index in [1.54, 1.807) is 0 Å². The molecule has 2 heteroatoms. The molecule has 1 aliphatic rings. The SMILES string of the molecule is Cc1ccc(CC(C)C2OCC(C)O2)cc1. The summed E-state index contributed by atoms with van der Waals surface area (Å²) in [6.07, 6.45) is 1.22. The third kappa shape index (κ3) is 2.83. The first kappa shape index (κ1) is 11.6. The molecule has 0 radical (unpaired) electrons. The largest absolute Gasteiger partial charge is 0.350 e. The molecule has 1 fully saturated rings. The van der Waals surface area contributed by atoms with Crippen LogP contribution < -0.4 is 0 Å². The van der Waals surface area contributed by atoms with Crippen LogP contribution in [0.5, 0.6) is 0 Å². The van der Waals surface area contributed by atoms with Gasteiger partial charge in [-0.3, -0.25) is 0 Å². The van der Waals surface area contributed by atoms with Gasteiger partial charge in [0.15, 0.2) is 6.29 Å². The zero-order chi connectivity index (χ0) is 11.5. The molecular weight excluding hydrogens is 200 g/mol. The molecule has 1 saturated heterocycles. The third-order valence-electron chi connectivity index (χ3n) is 3.00. The lowest BCUT2D eigenvalue weighted by molar-refractivity contribution is -0.0891. The maximum absolute atomic E-state index is 5.70. The summed E-state index contributed by atoms with van der Waals surface area (Å²) in [5.74, 6) is 0.410. The van der Waals surface area contributed by atoms with Gasteiger partial charge in [0.25, 0.3) is 0 Å². The lowest BCUT2D eigenvalue weighted by atomic mass is 10.00. The zero-order valence-electron chi connectivity index (χ0n) is 10.3. The van der Waals surface area contributed by atoms with E-state index in [0.29, 0.717) is 5.92 Å². The molecule has 0 bridgehead atoms. The second-order valence-corrected chi connectivity index (χ2v) is 4.82. The minimum atomic E-state index is -0.0312. The summed E-state index contributed by atoms with van der Waals surface area (Å²) in [5.41, 5.74) is 2.66. The van der Waals surface area contributed by atoms with Crippen molar-refractivity contribution in [2.24, 2.45) is 5.92 Å². The van der Waals surface area contributed by atoms with Crippen LogP contribution in [-0.4, -0.2) is 19.0 Å². The molecule has 2 rings (SSSR count). The van der Waals surface area contributed by atoms with E-state index in [-0.39, 0.29) is 12.4 Å². The highest BCUT2D eigenvalue weighted by molar-refractivity contribution is 5.21. The molecule has 1 heterocycles. The molecule has 1 aromatic carbocycles. The van der Waals surface area contributed by atoms with Crippen LogP contribution in [0.15, 0.2) is 24.3 Å². The van der Waals surface area contributed by atoms with Gasteiger partial charge in [0.05, 0.1) is 12.7 Å². The molecule has 88 valence electrons. The van der Waals surface area contributed by atoms with Crippen molar-refractivity contribution in [2.45, 2.75) is 39.6 Å². The minimum Gasteiger partial charge on any atom is -0.350 e. The molecule has 1 aliphatic heterocycles. The Morgan fingerprint density at radius 1 is 1.31 bits per heavy atom. The average molecular weight is 220 g/mol. The average Bonchev–Trinajstić information content (AvgIpc) is 2.68. The van der Waals surface area contributed by atoms with Crippen LogP contribution in [0.2, 0.25) is 0 Å². The third-order valence-corrected chi connectivity index (χ3v) is 3.00. The van der Waals surface area contributed by atoms with E-state index in [9.17, 15) is 0 Å². The van der Waals surface area contributed by atoms with Crippen LogP contribution in [-0.2, 0) is 15.9 Å². The fraction of sp³-hybridized carbons (Fsp3) is 0.571. The van der Waals surface area contributed by atoms with Crippen LogP contribution in [0.1, 0.15) is 25.0 Å². The molecule has 0 amide bonds. The lowest BCUT2D eigenvalue weighted by Gasteiger charge is -2.18. The number of benzene rings is 1. The maximum Gasteiger partial charge on any atom is 0.161 e. The summed E-state index contributed by atoms with van der Waals surface area (Å²) < 4.78 is 11.3.